The molecule has 70 valence electrons. The fourth-order valence-electron chi connectivity index (χ4n) is 2.05. The van der Waals surface area contributed by atoms with Crippen LogP contribution in [0.4, 0.5) is 0 Å². The van der Waals surface area contributed by atoms with Crippen molar-refractivity contribution < 1.29 is 4.74 Å². The molecule has 2 fully saturated rings. The van der Waals surface area contributed by atoms with Crippen molar-refractivity contribution in [2.75, 3.05) is 18.9 Å². The summed E-state index contributed by atoms with van der Waals surface area (Å²) < 4.78 is 5.66. The van der Waals surface area contributed by atoms with E-state index in [2.05, 4.69) is 24.0 Å². The lowest BCUT2D eigenvalue weighted by Crippen LogP contribution is -2.45. The molecule has 0 bridgehead atoms. The highest BCUT2D eigenvalue weighted by atomic mass is 32.2. The topological polar surface area (TPSA) is 21.3 Å². The maximum absolute atomic E-state index is 5.66. The van der Waals surface area contributed by atoms with Gasteiger partial charge in [0.2, 0.25) is 0 Å². The predicted octanol–water partition coefficient (Wildman–Crippen LogP) is 1.61. The summed E-state index contributed by atoms with van der Waals surface area (Å²) in [7, 11) is 0. The standard InChI is InChI=1S/C9H17NOS/c1-2-8-7-9(3-5-11-8)10-4-6-12-9/h8,10H,2-7H2,1H3. The van der Waals surface area contributed by atoms with Crippen molar-refractivity contribution in [3.05, 3.63) is 0 Å². The van der Waals surface area contributed by atoms with E-state index in [0.717, 1.165) is 13.0 Å². The van der Waals surface area contributed by atoms with Gasteiger partial charge in [0.25, 0.3) is 0 Å². The largest absolute Gasteiger partial charge is 0.378 e. The van der Waals surface area contributed by atoms with Crippen molar-refractivity contribution in [3.8, 4) is 0 Å². The number of hydrogen-bond acceptors (Lipinski definition) is 3. The molecule has 1 N–H and O–H groups in total. The van der Waals surface area contributed by atoms with Crippen molar-refractivity contribution in [2.24, 2.45) is 0 Å². The quantitative estimate of drug-likeness (QED) is 0.674. The Morgan fingerprint density at radius 1 is 1.67 bits per heavy atom. The molecule has 3 heteroatoms. The molecule has 0 aliphatic carbocycles. The van der Waals surface area contributed by atoms with Crippen LogP contribution in [0.1, 0.15) is 26.2 Å². The molecule has 2 aliphatic heterocycles. The average molecular weight is 187 g/mol. The molecular formula is C9H17NOS. The normalized spacial score (nSPS) is 42.2. The highest BCUT2D eigenvalue weighted by Crippen LogP contribution is 2.38. The number of hydrogen-bond donors (Lipinski definition) is 1. The van der Waals surface area contributed by atoms with Gasteiger partial charge in [0.1, 0.15) is 0 Å². The fraction of sp³-hybridized carbons (Fsp3) is 1.00. The van der Waals surface area contributed by atoms with Crippen molar-refractivity contribution in [3.63, 3.8) is 0 Å². The molecule has 2 rings (SSSR count). The van der Waals surface area contributed by atoms with E-state index in [0.29, 0.717) is 11.0 Å². The fourth-order valence-corrected chi connectivity index (χ4v) is 3.38. The van der Waals surface area contributed by atoms with Gasteiger partial charge in [-0.25, -0.2) is 0 Å². The van der Waals surface area contributed by atoms with Crippen LogP contribution in [0, 0.1) is 0 Å². The number of ether oxygens (including phenoxy) is 1. The second-order valence-corrected chi connectivity index (χ2v) is 5.10. The van der Waals surface area contributed by atoms with E-state index >= 15 is 0 Å². The van der Waals surface area contributed by atoms with E-state index in [9.17, 15) is 0 Å². The lowest BCUT2D eigenvalue weighted by molar-refractivity contribution is -0.00568. The van der Waals surface area contributed by atoms with E-state index in [1.807, 2.05) is 0 Å². The van der Waals surface area contributed by atoms with Crippen LogP contribution in [-0.2, 0) is 4.74 Å². The van der Waals surface area contributed by atoms with Gasteiger partial charge < -0.3 is 10.1 Å². The van der Waals surface area contributed by atoms with Crippen molar-refractivity contribution in [1.82, 2.24) is 5.32 Å². The third-order valence-electron chi connectivity index (χ3n) is 2.80. The van der Waals surface area contributed by atoms with E-state index in [4.69, 9.17) is 4.74 Å². The number of thioether (sulfide) groups is 1. The molecule has 0 aromatic carbocycles. The zero-order valence-electron chi connectivity index (χ0n) is 7.64. The van der Waals surface area contributed by atoms with Crippen LogP contribution in [0.2, 0.25) is 0 Å². The van der Waals surface area contributed by atoms with E-state index in [1.54, 1.807) is 0 Å². The minimum Gasteiger partial charge on any atom is -0.378 e. The second kappa shape index (κ2) is 3.56. The van der Waals surface area contributed by atoms with Crippen LogP contribution in [0.25, 0.3) is 0 Å². The number of nitrogens with one attached hydrogen (secondary N) is 1. The molecule has 12 heavy (non-hydrogen) atoms. The summed E-state index contributed by atoms with van der Waals surface area (Å²) in [5.41, 5.74) is 0. The minimum atomic E-state index is 0.388. The first kappa shape index (κ1) is 8.85. The van der Waals surface area contributed by atoms with Crippen LogP contribution in [0.15, 0.2) is 0 Å². The maximum Gasteiger partial charge on any atom is 0.0692 e. The SMILES string of the molecule is CCC1CC2(CCO1)NCCS2. The maximum atomic E-state index is 5.66. The van der Waals surface area contributed by atoms with Gasteiger partial charge in [0, 0.05) is 25.3 Å². The van der Waals surface area contributed by atoms with Crippen LogP contribution >= 0.6 is 11.8 Å². The zero-order valence-corrected chi connectivity index (χ0v) is 8.45. The minimum absolute atomic E-state index is 0.388. The van der Waals surface area contributed by atoms with Crippen molar-refractivity contribution >= 4 is 11.8 Å². The molecule has 2 aliphatic rings. The van der Waals surface area contributed by atoms with Gasteiger partial charge in [-0.1, -0.05) is 6.92 Å². The van der Waals surface area contributed by atoms with Crippen LogP contribution in [0.5, 0.6) is 0 Å². The Hall–Kier alpha value is 0.270. The third kappa shape index (κ3) is 1.63. The van der Waals surface area contributed by atoms with E-state index in [-0.39, 0.29) is 0 Å². The molecule has 2 heterocycles. The third-order valence-corrected chi connectivity index (χ3v) is 4.28. The second-order valence-electron chi connectivity index (χ2n) is 3.62. The molecule has 0 amide bonds. The molecule has 2 atom stereocenters. The summed E-state index contributed by atoms with van der Waals surface area (Å²) in [6.45, 7) is 4.34. The highest BCUT2D eigenvalue weighted by Gasteiger charge is 2.39. The summed E-state index contributed by atoms with van der Waals surface area (Å²) in [6.07, 6.45) is 4.05. The lowest BCUT2D eigenvalue weighted by atomic mass is 10.0. The summed E-state index contributed by atoms with van der Waals surface area (Å²) >= 11 is 2.09. The molecule has 2 unspecified atom stereocenters. The average Bonchev–Trinajstić information content (AvgIpc) is 2.53. The first-order valence-electron chi connectivity index (χ1n) is 4.85. The molecule has 0 radical (unpaired) electrons. The van der Waals surface area contributed by atoms with Gasteiger partial charge in [-0.2, -0.15) is 0 Å². The Morgan fingerprint density at radius 2 is 2.58 bits per heavy atom. The van der Waals surface area contributed by atoms with Gasteiger partial charge in [-0.15, -0.1) is 11.8 Å². The molecule has 0 saturated carbocycles. The first-order valence-corrected chi connectivity index (χ1v) is 5.84. The Labute approximate surface area is 78.4 Å². The zero-order chi connectivity index (χ0) is 8.44. The van der Waals surface area contributed by atoms with Crippen LogP contribution in [-0.4, -0.2) is 29.9 Å². The lowest BCUT2D eigenvalue weighted by Gasteiger charge is -2.37. The first-order chi connectivity index (χ1) is 5.85. The van der Waals surface area contributed by atoms with Gasteiger partial charge in [0.15, 0.2) is 0 Å². The Balaban J connectivity index is 1.97. The monoisotopic (exact) mass is 187 g/mol. The molecule has 0 aromatic rings. The van der Waals surface area contributed by atoms with Crippen molar-refractivity contribution in [2.45, 2.75) is 37.2 Å². The Kier molecular flexibility index (Phi) is 2.63. The number of rotatable bonds is 1. The summed E-state index contributed by atoms with van der Waals surface area (Å²) in [4.78, 5) is 0.388. The molecular weight excluding hydrogens is 170 g/mol. The van der Waals surface area contributed by atoms with Crippen LogP contribution in [0.3, 0.4) is 0 Å². The highest BCUT2D eigenvalue weighted by molar-refractivity contribution is 8.00. The van der Waals surface area contributed by atoms with Gasteiger partial charge in [-0.05, 0) is 12.8 Å². The summed E-state index contributed by atoms with van der Waals surface area (Å²) in [5.74, 6) is 1.27. The molecule has 2 saturated heterocycles. The molecule has 1 spiro atoms. The Bertz CT molecular complexity index is 157. The smallest absolute Gasteiger partial charge is 0.0692 e. The summed E-state index contributed by atoms with van der Waals surface area (Å²) in [5, 5.41) is 3.62. The van der Waals surface area contributed by atoms with Gasteiger partial charge in [0.05, 0.1) is 11.0 Å². The predicted molar refractivity (Wildman–Crippen MR) is 52.5 cm³/mol. The van der Waals surface area contributed by atoms with E-state index < -0.39 is 0 Å². The van der Waals surface area contributed by atoms with E-state index in [1.165, 1.54) is 25.1 Å². The Morgan fingerprint density at radius 3 is 3.25 bits per heavy atom. The van der Waals surface area contributed by atoms with Crippen molar-refractivity contribution in [1.29, 1.82) is 0 Å². The molecule has 0 aromatic heterocycles. The van der Waals surface area contributed by atoms with Gasteiger partial charge in [-0.3, -0.25) is 0 Å². The summed E-state index contributed by atoms with van der Waals surface area (Å²) in [6, 6.07) is 0. The van der Waals surface area contributed by atoms with Gasteiger partial charge >= 0.3 is 0 Å². The van der Waals surface area contributed by atoms with Crippen LogP contribution < -0.4 is 5.32 Å². The molecule has 2 nitrogen and oxygen atoms in total.